The number of methoxy groups -OCH3 is 1. The number of hydrogen-bond acceptors (Lipinski definition) is 4. The summed E-state index contributed by atoms with van der Waals surface area (Å²) in [6.45, 7) is 4.06. The van der Waals surface area contributed by atoms with Gasteiger partial charge in [-0.2, -0.15) is 0 Å². The molecule has 5 heteroatoms. The molecule has 0 amide bonds. The number of hydrogen-bond donors (Lipinski definition) is 0. The van der Waals surface area contributed by atoms with Crippen molar-refractivity contribution in [1.82, 2.24) is 0 Å². The first kappa shape index (κ1) is 20.1. The van der Waals surface area contributed by atoms with Crippen molar-refractivity contribution in [2.45, 2.75) is 11.3 Å². The van der Waals surface area contributed by atoms with Crippen molar-refractivity contribution in [2.24, 2.45) is 0 Å². The first-order valence-electron chi connectivity index (χ1n) is 9.40. The molecule has 3 aromatic carbocycles. The van der Waals surface area contributed by atoms with Gasteiger partial charge in [-0.3, -0.25) is 4.79 Å². The van der Waals surface area contributed by atoms with Gasteiger partial charge in [0, 0.05) is 21.5 Å². The Hall–Kier alpha value is -3.18. The second-order valence-electron chi connectivity index (χ2n) is 7.06. The zero-order valence-corrected chi connectivity index (χ0v) is 17.9. The lowest BCUT2D eigenvalue weighted by Crippen LogP contribution is -2.43. The van der Waals surface area contributed by atoms with Crippen LogP contribution in [0.5, 0.6) is 5.75 Å². The molecule has 1 aliphatic heterocycles. The van der Waals surface area contributed by atoms with E-state index in [4.69, 9.17) is 9.47 Å². The Morgan fingerprint density at radius 2 is 1.73 bits per heavy atom. The monoisotopic (exact) mass is 462 g/mol. The highest BCUT2D eigenvalue weighted by Crippen LogP contribution is 2.55. The predicted octanol–water partition coefficient (Wildman–Crippen LogP) is 5.17. The van der Waals surface area contributed by atoms with Crippen molar-refractivity contribution in [3.05, 3.63) is 112 Å². The van der Waals surface area contributed by atoms with Crippen LogP contribution in [0.4, 0.5) is 0 Å². The molecule has 0 bridgehead atoms. The molecule has 0 unspecified atom stereocenters. The minimum absolute atomic E-state index is 0.174. The second-order valence-corrected chi connectivity index (χ2v) is 7.98. The van der Waals surface area contributed by atoms with Crippen LogP contribution in [0, 0.1) is 0 Å². The maximum atomic E-state index is 13.6. The summed E-state index contributed by atoms with van der Waals surface area (Å²) < 4.78 is 11.6. The summed E-state index contributed by atoms with van der Waals surface area (Å²) in [5, 5.41) is 0. The summed E-state index contributed by atoms with van der Waals surface area (Å²) in [4.78, 5) is 26.3. The van der Waals surface area contributed by atoms with E-state index >= 15 is 0 Å². The summed E-state index contributed by atoms with van der Waals surface area (Å²) in [6.07, 6.45) is 0. The van der Waals surface area contributed by atoms with Crippen LogP contribution in [0.15, 0.2) is 95.5 Å². The van der Waals surface area contributed by atoms with Gasteiger partial charge in [0.25, 0.3) is 0 Å². The molecule has 4 rings (SSSR count). The van der Waals surface area contributed by atoms with Gasteiger partial charge >= 0.3 is 11.9 Å². The van der Waals surface area contributed by atoms with E-state index in [1.807, 2.05) is 72.8 Å². The van der Waals surface area contributed by atoms with Gasteiger partial charge in [-0.15, -0.1) is 0 Å². The fourth-order valence-corrected chi connectivity index (χ4v) is 4.65. The van der Waals surface area contributed by atoms with Crippen LogP contribution in [-0.4, -0.2) is 19.0 Å². The zero-order chi connectivity index (χ0) is 21.3. The summed E-state index contributed by atoms with van der Waals surface area (Å²) in [7, 11) is 1.31. The SMILES string of the molecule is C=C(C(=O)OC)[C@@H](c1cccc(Br)c1)[C@@]1(c2ccccc2)C(=O)Oc2ccccc21. The molecular formula is C25H19BrO4. The number of ether oxygens (including phenoxy) is 2. The first-order valence-corrected chi connectivity index (χ1v) is 10.2. The predicted molar refractivity (Wildman–Crippen MR) is 117 cm³/mol. The minimum atomic E-state index is -1.29. The lowest BCUT2D eigenvalue weighted by molar-refractivity contribution is -0.138. The highest BCUT2D eigenvalue weighted by Gasteiger charge is 2.57. The van der Waals surface area contributed by atoms with Crippen molar-refractivity contribution < 1.29 is 19.1 Å². The van der Waals surface area contributed by atoms with Crippen molar-refractivity contribution in [3.8, 4) is 5.75 Å². The lowest BCUT2D eigenvalue weighted by Gasteiger charge is -2.36. The molecule has 30 heavy (non-hydrogen) atoms. The van der Waals surface area contributed by atoms with Crippen LogP contribution < -0.4 is 4.74 Å². The lowest BCUT2D eigenvalue weighted by atomic mass is 9.62. The third-order valence-electron chi connectivity index (χ3n) is 5.48. The molecule has 0 radical (unpaired) electrons. The number of rotatable bonds is 5. The Morgan fingerprint density at radius 1 is 1.03 bits per heavy atom. The number of fused-ring (bicyclic) bond motifs is 1. The average molecular weight is 463 g/mol. The summed E-state index contributed by atoms with van der Waals surface area (Å²) >= 11 is 3.50. The fourth-order valence-electron chi connectivity index (χ4n) is 4.23. The molecule has 0 aliphatic carbocycles. The van der Waals surface area contributed by atoms with E-state index in [9.17, 15) is 9.59 Å². The summed E-state index contributed by atoms with van der Waals surface area (Å²) in [5.74, 6) is -1.29. The molecule has 1 aliphatic rings. The molecule has 4 nitrogen and oxygen atoms in total. The Balaban J connectivity index is 2.09. The Kier molecular flexibility index (Phi) is 5.31. The molecule has 1 heterocycles. The highest BCUT2D eigenvalue weighted by molar-refractivity contribution is 9.10. The topological polar surface area (TPSA) is 52.6 Å². The molecule has 0 saturated heterocycles. The number of halogens is 1. The van der Waals surface area contributed by atoms with Crippen LogP contribution >= 0.6 is 15.9 Å². The van der Waals surface area contributed by atoms with Crippen molar-refractivity contribution >= 4 is 27.9 Å². The maximum absolute atomic E-state index is 13.6. The first-order chi connectivity index (χ1) is 14.5. The number of carbonyl (C=O) groups excluding carboxylic acids is 2. The average Bonchev–Trinajstić information content (AvgIpc) is 3.06. The standard InChI is InChI=1S/C25H19BrO4/c1-16(23(27)29-2)22(17-9-8-12-19(26)15-17)25(18-10-4-3-5-11-18)20-13-6-7-14-21(20)30-24(25)28/h3-15,22H,1H2,2H3/t22-,25-/m0/s1. The van der Waals surface area contributed by atoms with Crippen LogP contribution in [0.2, 0.25) is 0 Å². The van der Waals surface area contributed by atoms with Gasteiger partial charge < -0.3 is 9.47 Å². The van der Waals surface area contributed by atoms with Gasteiger partial charge in [0.15, 0.2) is 0 Å². The molecule has 0 aromatic heterocycles. The summed E-state index contributed by atoms with van der Waals surface area (Å²) in [6, 6.07) is 24.2. The van der Waals surface area contributed by atoms with Crippen LogP contribution in [-0.2, 0) is 19.7 Å². The Bertz CT molecular complexity index is 1140. The third kappa shape index (κ3) is 3.06. The Labute approximate surface area is 183 Å². The molecule has 3 aromatic rings. The van der Waals surface area contributed by atoms with Gasteiger partial charge in [-0.05, 0) is 29.3 Å². The van der Waals surface area contributed by atoms with E-state index in [1.165, 1.54) is 7.11 Å². The van der Waals surface area contributed by atoms with Crippen LogP contribution in [0.3, 0.4) is 0 Å². The van der Waals surface area contributed by atoms with E-state index in [0.717, 1.165) is 15.6 Å². The third-order valence-corrected chi connectivity index (χ3v) is 5.97. The maximum Gasteiger partial charge on any atom is 0.333 e. The molecule has 0 spiro atoms. The summed E-state index contributed by atoms with van der Waals surface area (Å²) in [5.41, 5.74) is 1.04. The van der Waals surface area contributed by atoms with Gasteiger partial charge in [0.05, 0.1) is 7.11 Å². The van der Waals surface area contributed by atoms with Gasteiger partial charge in [0.1, 0.15) is 11.2 Å². The van der Waals surface area contributed by atoms with E-state index in [-0.39, 0.29) is 5.57 Å². The Morgan fingerprint density at radius 3 is 2.43 bits per heavy atom. The number of esters is 2. The quantitative estimate of drug-likeness (QED) is 0.298. The minimum Gasteiger partial charge on any atom is -0.466 e. The highest BCUT2D eigenvalue weighted by atomic mass is 79.9. The normalized spacial score (nSPS) is 18.3. The molecular weight excluding hydrogens is 444 g/mol. The largest absolute Gasteiger partial charge is 0.466 e. The number of carbonyl (C=O) groups is 2. The van der Waals surface area contributed by atoms with E-state index in [0.29, 0.717) is 11.3 Å². The molecule has 150 valence electrons. The molecule has 2 atom stereocenters. The van der Waals surface area contributed by atoms with Gasteiger partial charge in [-0.1, -0.05) is 83.2 Å². The molecule has 0 fully saturated rings. The zero-order valence-electron chi connectivity index (χ0n) is 16.3. The van der Waals surface area contributed by atoms with Crippen molar-refractivity contribution in [3.63, 3.8) is 0 Å². The van der Waals surface area contributed by atoms with Crippen LogP contribution in [0.1, 0.15) is 22.6 Å². The number of para-hydroxylation sites is 1. The van der Waals surface area contributed by atoms with E-state index < -0.39 is 23.3 Å². The van der Waals surface area contributed by atoms with E-state index in [2.05, 4.69) is 22.5 Å². The fraction of sp³-hybridized carbons (Fsp3) is 0.120. The van der Waals surface area contributed by atoms with E-state index in [1.54, 1.807) is 6.07 Å². The second kappa shape index (κ2) is 7.92. The molecule has 0 N–H and O–H groups in total. The molecule has 0 saturated carbocycles. The van der Waals surface area contributed by atoms with Gasteiger partial charge in [0.2, 0.25) is 0 Å². The smallest absolute Gasteiger partial charge is 0.333 e. The van der Waals surface area contributed by atoms with Crippen molar-refractivity contribution in [2.75, 3.05) is 7.11 Å². The number of benzene rings is 3. The van der Waals surface area contributed by atoms with Crippen LogP contribution in [0.25, 0.3) is 0 Å². The van der Waals surface area contributed by atoms with Crippen molar-refractivity contribution in [1.29, 1.82) is 0 Å². The van der Waals surface area contributed by atoms with Gasteiger partial charge in [-0.25, -0.2) is 4.79 Å².